The number of thiophene rings is 1. The van der Waals surface area contributed by atoms with Crippen molar-refractivity contribution in [3.05, 3.63) is 46.8 Å². The molecule has 0 aliphatic carbocycles. The fourth-order valence-corrected chi connectivity index (χ4v) is 5.74. The molecule has 2 aromatic rings. The van der Waals surface area contributed by atoms with Crippen LogP contribution in [0.5, 0.6) is 0 Å². The highest BCUT2D eigenvalue weighted by atomic mass is 32.2. The summed E-state index contributed by atoms with van der Waals surface area (Å²) < 4.78 is 27.7. The lowest BCUT2D eigenvalue weighted by Gasteiger charge is -2.31. The van der Waals surface area contributed by atoms with Crippen LogP contribution in [0.1, 0.15) is 24.0 Å². The highest BCUT2D eigenvalue weighted by Gasteiger charge is 2.26. The maximum atomic E-state index is 12.3. The SMILES string of the molecule is Cc1cccc(NC(=O)CNC(=O)CN2CCC(NS(=O)(=O)c3cccs3)CC2)c1C. The lowest BCUT2D eigenvalue weighted by molar-refractivity contribution is -0.125. The van der Waals surface area contributed by atoms with Crippen molar-refractivity contribution >= 4 is 38.9 Å². The highest BCUT2D eigenvalue weighted by molar-refractivity contribution is 7.91. The minimum atomic E-state index is -3.48. The molecule has 0 radical (unpaired) electrons. The summed E-state index contributed by atoms with van der Waals surface area (Å²) in [6.07, 6.45) is 1.26. The Morgan fingerprint density at radius 3 is 2.52 bits per heavy atom. The van der Waals surface area contributed by atoms with Gasteiger partial charge in [-0.1, -0.05) is 18.2 Å². The topological polar surface area (TPSA) is 108 Å². The Morgan fingerprint density at radius 2 is 1.84 bits per heavy atom. The van der Waals surface area contributed by atoms with Crippen LogP contribution in [0.4, 0.5) is 5.69 Å². The van der Waals surface area contributed by atoms with Gasteiger partial charge in [0, 0.05) is 24.8 Å². The Kier molecular flexibility index (Phi) is 7.82. The monoisotopic (exact) mass is 464 g/mol. The molecule has 8 nitrogen and oxygen atoms in total. The first-order valence-corrected chi connectivity index (χ1v) is 12.5. The number of carbonyl (C=O) groups excluding carboxylic acids is 2. The molecule has 1 aromatic heterocycles. The number of sulfonamides is 1. The predicted octanol–water partition coefficient (Wildman–Crippen LogP) is 1.86. The second-order valence-corrected chi connectivity index (χ2v) is 10.6. The van der Waals surface area contributed by atoms with Crippen LogP contribution in [-0.2, 0) is 19.6 Å². The van der Waals surface area contributed by atoms with Crippen LogP contribution in [0.2, 0.25) is 0 Å². The third-order valence-corrected chi connectivity index (χ3v) is 8.28. The summed E-state index contributed by atoms with van der Waals surface area (Å²) in [6, 6.07) is 8.84. The van der Waals surface area contributed by atoms with Gasteiger partial charge < -0.3 is 10.6 Å². The van der Waals surface area contributed by atoms with Gasteiger partial charge in [-0.15, -0.1) is 11.3 Å². The van der Waals surface area contributed by atoms with E-state index < -0.39 is 10.0 Å². The van der Waals surface area contributed by atoms with Crippen molar-refractivity contribution in [3.8, 4) is 0 Å². The molecule has 3 N–H and O–H groups in total. The van der Waals surface area contributed by atoms with E-state index in [2.05, 4.69) is 15.4 Å². The van der Waals surface area contributed by atoms with Crippen LogP contribution < -0.4 is 15.4 Å². The number of benzene rings is 1. The van der Waals surface area contributed by atoms with Gasteiger partial charge in [-0.25, -0.2) is 13.1 Å². The number of carbonyl (C=O) groups is 2. The van der Waals surface area contributed by atoms with Crippen molar-refractivity contribution in [1.82, 2.24) is 14.9 Å². The Hall–Kier alpha value is -2.27. The van der Waals surface area contributed by atoms with E-state index in [-0.39, 0.29) is 30.9 Å². The molecular weight excluding hydrogens is 436 g/mol. The minimum Gasteiger partial charge on any atom is -0.346 e. The van der Waals surface area contributed by atoms with E-state index in [4.69, 9.17) is 0 Å². The third kappa shape index (κ3) is 6.60. The predicted molar refractivity (Wildman–Crippen MR) is 122 cm³/mol. The van der Waals surface area contributed by atoms with Gasteiger partial charge in [-0.05, 0) is 55.3 Å². The zero-order valence-electron chi connectivity index (χ0n) is 17.7. The number of amides is 2. The van der Waals surface area contributed by atoms with Gasteiger partial charge in [-0.3, -0.25) is 14.5 Å². The lowest BCUT2D eigenvalue weighted by Crippen LogP contribution is -2.47. The van der Waals surface area contributed by atoms with Crippen LogP contribution in [0.3, 0.4) is 0 Å². The Balaban J connectivity index is 1.38. The Morgan fingerprint density at radius 1 is 1.10 bits per heavy atom. The van der Waals surface area contributed by atoms with E-state index in [1.807, 2.05) is 36.9 Å². The van der Waals surface area contributed by atoms with E-state index in [1.54, 1.807) is 17.5 Å². The first-order valence-electron chi connectivity index (χ1n) is 10.2. The first kappa shape index (κ1) is 23.4. The molecule has 0 bridgehead atoms. The number of hydrogen-bond acceptors (Lipinski definition) is 6. The fourth-order valence-electron chi connectivity index (χ4n) is 3.42. The zero-order chi connectivity index (χ0) is 22.4. The molecule has 2 amide bonds. The molecule has 1 saturated heterocycles. The molecule has 1 aromatic carbocycles. The summed E-state index contributed by atoms with van der Waals surface area (Å²) in [6.45, 7) is 5.22. The maximum Gasteiger partial charge on any atom is 0.250 e. The van der Waals surface area contributed by atoms with Crippen molar-refractivity contribution in [2.45, 2.75) is 36.9 Å². The number of nitrogens with zero attached hydrogens (tertiary/aromatic N) is 1. The summed E-state index contributed by atoms with van der Waals surface area (Å²) in [7, 11) is -3.48. The molecule has 3 rings (SSSR count). The lowest BCUT2D eigenvalue weighted by atomic mass is 10.1. The van der Waals surface area contributed by atoms with Crippen molar-refractivity contribution in [1.29, 1.82) is 0 Å². The van der Waals surface area contributed by atoms with Crippen LogP contribution in [0, 0.1) is 13.8 Å². The summed E-state index contributed by atoms with van der Waals surface area (Å²) in [5, 5.41) is 7.20. The van der Waals surface area contributed by atoms with Gasteiger partial charge in [0.05, 0.1) is 13.1 Å². The van der Waals surface area contributed by atoms with Gasteiger partial charge >= 0.3 is 0 Å². The average Bonchev–Trinajstić information content (AvgIpc) is 3.27. The van der Waals surface area contributed by atoms with Crippen LogP contribution >= 0.6 is 11.3 Å². The summed E-state index contributed by atoms with van der Waals surface area (Å²) in [5.41, 5.74) is 2.83. The van der Waals surface area contributed by atoms with Gasteiger partial charge in [0.15, 0.2) is 0 Å². The molecular formula is C21H28N4O4S2. The van der Waals surface area contributed by atoms with Gasteiger partial charge in [0.25, 0.3) is 0 Å². The first-order chi connectivity index (χ1) is 14.7. The van der Waals surface area contributed by atoms with E-state index >= 15 is 0 Å². The normalized spacial score (nSPS) is 15.5. The molecule has 10 heteroatoms. The van der Waals surface area contributed by atoms with Crippen LogP contribution in [0.15, 0.2) is 39.9 Å². The average molecular weight is 465 g/mol. The summed E-state index contributed by atoms with van der Waals surface area (Å²) in [4.78, 5) is 26.3. The highest BCUT2D eigenvalue weighted by Crippen LogP contribution is 2.19. The van der Waals surface area contributed by atoms with E-state index in [0.717, 1.165) is 16.8 Å². The van der Waals surface area contributed by atoms with Crippen molar-refractivity contribution in [3.63, 3.8) is 0 Å². The Bertz CT molecular complexity index is 1010. The molecule has 0 spiro atoms. The summed E-state index contributed by atoms with van der Waals surface area (Å²) >= 11 is 1.19. The number of hydrogen-bond donors (Lipinski definition) is 3. The largest absolute Gasteiger partial charge is 0.346 e. The molecule has 2 heterocycles. The smallest absolute Gasteiger partial charge is 0.250 e. The number of anilines is 1. The molecule has 1 aliphatic heterocycles. The quantitative estimate of drug-likeness (QED) is 0.553. The molecule has 168 valence electrons. The second-order valence-electron chi connectivity index (χ2n) is 7.68. The van der Waals surface area contributed by atoms with E-state index in [9.17, 15) is 18.0 Å². The standard InChI is InChI=1S/C21H28N4O4S2/c1-15-5-3-6-18(16(15)2)23-19(26)13-22-20(27)14-25-10-8-17(9-11-25)24-31(28,29)21-7-4-12-30-21/h3-7,12,17,24H,8-11,13-14H2,1-2H3,(H,22,27)(H,23,26). The third-order valence-electron chi connectivity index (χ3n) is 5.36. The van der Waals surface area contributed by atoms with Gasteiger partial charge in [0.1, 0.15) is 4.21 Å². The Labute approximate surface area is 187 Å². The van der Waals surface area contributed by atoms with Gasteiger partial charge in [0.2, 0.25) is 21.8 Å². The number of piperidine rings is 1. The molecule has 0 atom stereocenters. The molecule has 0 saturated carbocycles. The molecule has 31 heavy (non-hydrogen) atoms. The van der Waals surface area contributed by atoms with E-state index in [1.165, 1.54) is 11.3 Å². The van der Waals surface area contributed by atoms with Gasteiger partial charge in [-0.2, -0.15) is 0 Å². The fraction of sp³-hybridized carbons (Fsp3) is 0.429. The maximum absolute atomic E-state index is 12.3. The number of aryl methyl sites for hydroxylation is 1. The molecule has 1 fully saturated rings. The molecule has 1 aliphatic rings. The number of nitrogens with one attached hydrogen (secondary N) is 3. The van der Waals surface area contributed by atoms with E-state index in [0.29, 0.717) is 30.1 Å². The molecule has 0 unspecified atom stereocenters. The van der Waals surface area contributed by atoms with Crippen LogP contribution in [0.25, 0.3) is 0 Å². The summed E-state index contributed by atoms with van der Waals surface area (Å²) in [5.74, 6) is -0.502. The van der Waals surface area contributed by atoms with Crippen molar-refractivity contribution < 1.29 is 18.0 Å². The number of rotatable bonds is 8. The van der Waals surface area contributed by atoms with Crippen molar-refractivity contribution in [2.75, 3.05) is 31.5 Å². The van der Waals surface area contributed by atoms with Crippen molar-refractivity contribution in [2.24, 2.45) is 0 Å². The second kappa shape index (κ2) is 10.4. The minimum absolute atomic E-state index is 0.0940. The zero-order valence-corrected chi connectivity index (χ0v) is 19.3. The number of likely N-dealkylation sites (tertiary alicyclic amines) is 1. The van der Waals surface area contributed by atoms with Crippen LogP contribution in [-0.4, -0.2) is 57.4 Å².